The molecule has 0 aliphatic carbocycles. The Balaban J connectivity index is 2.62. The van der Waals surface area contributed by atoms with Crippen LogP contribution >= 0.6 is 12.2 Å². The summed E-state index contributed by atoms with van der Waals surface area (Å²) in [4.78, 5) is -0.221. The number of H-pyrrole nitrogens is 1. The molecule has 0 atom stereocenters. The van der Waals surface area contributed by atoms with Crippen LogP contribution in [0.1, 0.15) is 0 Å². The quantitative estimate of drug-likeness (QED) is 0.603. The molecule has 1 aromatic carbocycles. The molecule has 16 heavy (non-hydrogen) atoms. The number of aromatic amines is 1. The van der Waals surface area contributed by atoms with Crippen LogP contribution in [-0.4, -0.2) is 33.2 Å². The van der Waals surface area contributed by atoms with E-state index in [4.69, 9.17) is 16.8 Å². The Morgan fingerprint density at radius 3 is 2.75 bits per heavy atom. The molecule has 0 saturated carbocycles. The second-order valence-corrected chi connectivity index (χ2v) is 4.68. The maximum atomic E-state index is 10.9. The Labute approximate surface area is 95.5 Å². The molecule has 0 fully saturated rings. The average Bonchev–Trinajstić information content (AvgIpc) is 2.63. The number of tetrazole rings is 1. The molecule has 0 bridgehead atoms. The Bertz CT molecular complexity index is 673. The van der Waals surface area contributed by atoms with Gasteiger partial charge in [-0.3, -0.25) is 4.55 Å². The van der Waals surface area contributed by atoms with Gasteiger partial charge in [-0.1, -0.05) is 16.4 Å². The molecule has 0 aliphatic rings. The summed E-state index contributed by atoms with van der Waals surface area (Å²) in [5.74, 6) is 0. The molecule has 0 unspecified atom stereocenters. The first kappa shape index (κ1) is 10.9. The molecule has 1 aromatic heterocycles. The van der Waals surface area contributed by atoms with E-state index in [-0.39, 0.29) is 9.67 Å². The standard InChI is InChI=1S/C7H6N4O3S2/c12-16(13,14)6-3-1-2-5(4-6)11-7(15)8-9-10-11/h1-4H,(H,8,10,15)(H,12,13,14). The zero-order valence-electron chi connectivity index (χ0n) is 7.73. The fourth-order valence-corrected chi connectivity index (χ4v) is 1.86. The predicted octanol–water partition coefficient (Wildman–Crippen LogP) is 0.572. The van der Waals surface area contributed by atoms with Crippen molar-refractivity contribution in [3.8, 4) is 5.69 Å². The smallest absolute Gasteiger partial charge is 0.282 e. The Morgan fingerprint density at radius 1 is 1.44 bits per heavy atom. The molecule has 1 heterocycles. The van der Waals surface area contributed by atoms with Gasteiger partial charge in [0.1, 0.15) is 0 Å². The van der Waals surface area contributed by atoms with Gasteiger partial charge in [-0.05, 0) is 30.4 Å². The van der Waals surface area contributed by atoms with Crippen LogP contribution in [0.25, 0.3) is 5.69 Å². The van der Waals surface area contributed by atoms with Crippen LogP contribution in [0, 0.1) is 4.77 Å². The first-order chi connectivity index (χ1) is 7.48. The van der Waals surface area contributed by atoms with Crippen molar-refractivity contribution < 1.29 is 13.0 Å². The van der Waals surface area contributed by atoms with E-state index >= 15 is 0 Å². The summed E-state index contributed by atoms with van der Waals surface area (Å²) in [6.45, 7) is 0. The number of nitrogens with zero attached hydrogens (tertiary/aromatic N) is 3. The minimum absolute atomic E-state index is 0.160. The maximum Gasteiger partial charge on any atom is 0.294 e. The Hall–Kier alpha value is -1.58. The third-order valence-corrected chi connectivity index (χ3v) is 2.96. The SMILES string of the molecule is O=S(=O)(O)c1cccc(-n2[nH]nnc2=S)c1. The molecule has 7 nitrogen and oxygen atoms in total. The summed E-state index contributed by atoms with van der Waals surface area (Å²) in [6.07, 6.45) is 0. The molecule has 0 radical (unpaired) electrons. The van der Waals surface area contributed by atoms with Gasteiger partial charge < -0.3 is 0 Å². The highest BCUT2D eigenvalue weighted by molar-refractivity contribution is 7.85. The Morgan fingerprint density at radius 2 is 2.19 bits per heavy atom. The fraction of sp³-hybridized carbons (Fsp3) is 0. The predicted molar refractivity (Wildman–Crippen MR) is 56.4 cm³/mol. The first-order valence-electron chi connectivity index (χ1n) is 4.06. The largest absolute Gasteiger partial charge is 0.294 e. The van der Waals surface area contributed by atoms with Gasteiger partial charge in [-0.25, -0.2) is 4.68 Å². The molecule has 9 heteroatoms. The molecule has 0 spiro atoms. The lowest BCUT2D eigenvalue weighted by atomic mass is 10.3. The van der Waals surface area contributed by atoms with Crippen LogP contribution in [0.2, 0.25) is 0 Å². The molecular weight excluding hydrogens is 252 g/mol. The van der Waals surface area contributed by atoms with Gasteiger partial charge in [0.15, 0.2) is 0 Å². The summed E-state index contributed by atoms with van der Waals surface area (Å²) in [7, 11) is -4.23. The molecule has 84 valence electrons. The summed E-state index contributed by atoms with van der Waals surface area (Å²) in [6, 6.07) is 5.60. The summed E-state index contributed by atoms with van der Waals surface area (Å²) < 4.78 is 32.2. The van der Waals surface area contributed by atoms with Crippen LogP contribution in [0.5, 0.6) is 0 Å². The van der Waals surface area contributed by atoms with E-state index in [9.17, 15) is 8.42 Å². The average molecular weight is 258 g/mol. The normalized spacial score (nSPS) is 11.6. The second-order valence-electron chi connectivity index (χ2n) is 2.89. The molecule has 0 aliphatic heterocycles. The third-order valence-electron chi connectivity index (χ3n) is 1.85. The monoisotopic (exact) mass is 258 g/mol. The van der Waals surface area contributed by atoms with Crippen molar-refractivity contribution in [1.29, 1.82) is 0 Å². The van der Waals surface area contributed by atoms with E-state index in [0.717, 1.165) is 0 Å². The van der Waals surface area contributed by atoms with Crippen molar-refractivity contribution in [3.05, 3.63) is 29.0 Å². The van der Waals surface area contributed by atoms with Crippen LogP contribution in [0.15, 0.2) is 29.2 Å². The minimum atomic E-state index is -4.23. The molecular formula is C7H6N4O3S2. The van der Waals surface area contributed by atoms with Crippen LogP contribution < -0.4 is 0 Å². The van der Waals surface area contributed by atoms with E-state index in [1.54, 1.807) is 6.07 Å². The lowest BCUT2D eigenvalue weighted by Crippen LogP contribution is -2.02. The van der Waals surface area contributed by atoms with E-state index in [2.05, 4.69) is 15.5 Å². The molecule has 0 amide bonds. The number of hydrogen-bond donors (Lipinski definition) is 2. The lowest BCUT2D eigenvalue weighted by Gasteiger charge is -2.02. The number of hydrogen-bond acceptors (Lipinski definition) is 5. The molecule has 2 aromatic rings. The van der Waals surface area contributed by atoms with Gasteiger partial charge in [0.25, 0.3) is 10.1 Å². The number of aromatic nitrogens is 4. The highest BCUT2D eigenvalue weighted by Gasteiger charge is 2.10. The number of rotatable bonds is 2. The van der Waals surface area contributed by atoms with Gasteiger partial charge in [0.05, 0.1) is 10.6 Å². The van der Waals surface area contributed by atoms with Crippen molar-refractivity contribution in [2.24, 2.45) is 0 Å². The lowest BCUT2D eigenvalue weighted by molar-refractivity contribution is 0.483. The van der Waals surface area contributed by atoms with Crippen LogP contribution in [0.4, 0.5) is 0 Å². The summed E-state index contributed by atoms with van der Waals surface area (Å²) in [5.41, 5.74) is 0.421. The van der Waals surface area contributed by atoms with Gasteiger partial charge in [0.2, 0.25) is 4.77 Å². The van der Waals surface area contributed by atoms with Gasteiger partial charge in [0, 0.05) is 0 Å². The highest BCUT2D eigenvalue weighted by Crippen LogP contribution is 2.13. The fourth-order valence-electron chi connectivity index (χ4n) is 1.15. The number of nitrogens with one attached hydrogen (secondary N) is 1. The summed E-state index contributed by atoms with van der Waals surface area (Å²) >= 11 is 4.85. The number of benzene rings is 1. The highest BCUT2D eigenvalue weighted by atomic mass is 32.2. The van der Waals surface area contributed by atoms with Crippen LogP contribution in [0.3, 0.4) is 0 Å². The first-order valence-corrected chi connectivity index (χ1v) is 5.91. The van der Waals surface area contributed by atoms with Crippen molar-refractivity contribution in [1.82, 2.24) is 20.2 Å². The molecule has 0 saturated heterocycles. The zero-order chi connectivity index (χ0) is 11.8. The van der Waals surface area contributed by atoms with Gasteiger partial charge >= 0.3 is 0 Å². The van der Waals surface area contributed by atoms with Gasteiger partial charge in [-0.15, -0.1) is 0 Å². The second kappa shape index (κ2) is 3.77. The van der Waals surface area contributed by atoms with Crippen molar-refractivity contribution in [2.45, 2.75) is 4.90 Å². The van der Waals surface area contributed by atoms with E-state index < -0.39 is 10.1 Å². The third kappa shape index (κ3) is 2.01. The zero-order valence-corrected chi connectivity index (χ0v) is 9.36. The molecule has 2 N–H and O–H groups in total. The Kier molecular flexibility index (Phi) is 2.58. The minimum Gasteiger partial charge on any atom is -0.282 e. The van der Waals surface area contributed by atoms with E-state index in [0.29, 0.717) is 5.69 Å². The maximum absolute atomic E-state index is 10.9. The molecule has 2 rings (SSSR count). The van der Waals surface area contributed by atoms with E-state index in [1.807, 2.05) is 0 Å². The van der Waals surface area contributed by atoms with Gasteiger partial charge in [-0.2, -0.15) is 13.6 Å². The van der Waals surface area contributed by atoms with Crippen molar-refractivity contribution >= 4 is 22.3 Å². The van der Waals surface area contributed by atoms with E-state index in [1.165, 1.54) is 22.9 Å². The van der Waals surface area contributed by atoms with Crippen molar-refractivity contribution in [2.75, 3.05) is 0 Å². The summed E-state index contributed by atoms with van der Waals surface area (Å²) in [5, 5.41) is 9.48. The topological polar surface area (TPSA) is 101 Å². The van der Waals surface area contributed by atoms with Crippen LogP contribution in [-0.2, 0) is 10.1 Å². The van der Waals surface area contributed by atoms with Crippen molar-refractivity contribution in [3.63, 3.8) is 0 Å².